The summed E-state index contributed by atoms with van der Waals surface area (Å²) in [4.78, 5) is 17.4. The molecule has 1 spiro atoms. The molecule has 2 aromatic rings. The summed E-state index contributed by atoms with van der Waals surface area (Å²) >= 11 is 0. The summed E-state index contributed by atoms with van der Waals surface area (Å²) in [5.74, 6) is -0.154. The minimum atomic E-state index is -0.274. The molecule has 1 aliphatic carbocycles. The third-order valence-electron chi connectivity index (χ3n) is 7.65. The Morgan fingerprint density at radius 1 is 1.00 bits per heavy atom. The second-order valence-electron chi connectivity index (χ2n) is 9.47. The molecule has 0 aromatic heterocycles. The van der Waals surface area contributed by atoms with Crippen molar-refractivity contribution in [1.82, 2.24) is 9.80 Å². The molecule has 30 heavy (non-hydrogen) atoms. The normalized spacial score (nSPS) is 24.2. The van der Waals surface area contributed by atoms with Crippen LogP contribution in [0.4, 0.5) is 4.39 Å². The number of nitrogens with zero attached hydrogens (tertiary/aromatic N) is 2. The first-order chi connectivity index (χ1) is 14.6. The number of amides is 1. The van der Waals surface area contributed by atoms with Gasteiger partial charge in [0.05, 0.1) is 6.42 Å². The van der Waals surface area contributed by atoms with Gasteiger partial charge in [-0.25, -0.2) is 4.39 Å². The molecule has 2 saturated heterocycles. The molecule has 0 radical (unpaired) electrons. The first kappa shape index (κ1) is 19.7. The summed E-state index contributed by atoms with van der Waals surface area (Å²) in [6, 6.07) is 18.5. The van der Waals surface area contributed by atoms with Crippen molar-refractivity contribution in [1.29, 1.82) is 0 Å². The molecule has 1 unspecified atom stereocenters. The highest BCUT2D eigenvalue weighted by molar-refractivity contribution is 5.78. The van der Waals surface area contributed by atoms with Crippen molar-refractivity contribution >= 4 is 5.91 Å². The maximum atomic E-state index is 13.4. The van der Waals surface area contributed by atoms with Gasteiger partial charge >= 0.3 is 0 Å². The molecule has 3 nitrogen and oxygen atoms in total. The van der Waals surface area contributed by atoms with Crippen LogP contribution in [0.2, 0.25) is 0 Å². The van der Waals surface area contributed by atoms with Gasteiger partial charge < -0.3 is 4.90 Å². The van der Waals surface area contributed by atoms with Crippen molar-refractivity contribution in [3.63, 3.8) is 0 Å². The number of piperidine rings is 1. The van der Waals surface area contributed by atoms with Crippen molar-refractivity contribution in [2.45, 2.75) is 57.0 Å². The van der Waals surface area contributed by atoms with Crippen LogP contribution in [0.15, 0.2) is 54.6 Å². The van der Waals surface area contributed by atoms with E-state index in [0.717, 1.165) is 31.5 Å². The van der Waals surface area contributed by atoms with Crippen LogP contribution in [-0.4, -0.2) is 41.4 Å². The molecule has 2 aromatic carbocycles. The molecule has 4 heteroatoms. The number of halogens is 1. The Labute approximate surface area is 178 Å². The molecule has 3 fully saturated rings. The van der Waals surface area contributed by atoms with Gasteiger partial charge in [0.1, 0.15) is 5.82 Å². The second kappa shape index (κ2) is 8.14. The maximum Gasteiger partial charge on any atom is 0.226 e. The highest BCUT2D eigenvalue weighted by atomic mass is 19.1. The van der Waals surface area contributed by atoms with Crippen LogP contribution in [0, 0.1) is 11.2 Å². The van der Waals surface area contributed by atoms with Crippen molar-refractivity contribution in [2.75, 3.05) is 19.6 Å². The van der Waals surface area contributed by atoms with Gasteiger partial charge in [-0.3, -0.25) is 9.69 Å². The van der Waals surface area contributed by atoms with Crippen LogP contribution >= 0.6 is 0 Å². The first-order valence-corrected chi connectivity index (χ1v) is 11.5. The number of hydrogen-bond donors (Lipinski definition) is 0. The van der Waals surface area contributed by atoms with Gasteiger partial charge in [0, 0.05) is 37.1 Å². The van der Waals surface area contributed by atoms with E-state index in [9.17, 15) is 9.18 Å². The summed E-state index contributed by atoms with van der Waals surface area (Å²) in [6.45, 7) is 2.84. The lowest BCUT2D eigenvalue weighted by molar-refractivity contribution is -0.137. The van der Waals surface area contributed by atoms with E-state index >= 15 is 0 Å². The number of carbonyl (C=O) groups is 1. The first-order valence-electron chi connectivity index (χ1n) is 11.5. The molecule has 0 bridgehead atoms. The van der Waals surface area contributed by atoms with Gasteiger partial charge in [-0.15, -0.1) is 0 Å². The Bertz CT molecular complexity index is 885. The summed E-state index contributed by atoms with van der Waals surface area (Å²) < 4.78 is 13.4. The standard InChI is InChI=1S/C26H31FN2O/c27-22-10-6-7-20(17-22)18-24(30)28-15-11-23(12-16-28)29-19-26(13-4-5-14-26)25(29)21-8-2-1-3-9-21/h1-3,6-10,17,23,25H,4-5,11-16,18-19H2. The summed E-state index contributed by atoms with van der Waals surface area (Å²) in [7, 11) is 0. The fourth-order valence-electron chi connectivity index (χ4n) is 6.19. The largest absolute Gasteiger partial charge is 0.342 e. The van der Waals surface area contributed by atoms with E-state index in [1.165, 1.54) is 49.9 Å². The van der Waals surface area contributed by atoms with Crippen LogP contribution in [0.1, 0.15) is 55.7 Å². The highest BCUT2D eigenvalue weighted by Gasteiger charge is 2.55. The Hall–Kier alpha value is -2.20. The lowest BCUT2D eigenvalue weighted by Crippen LogP contribution is -2.62. The van der Waals surface area contributed by atoms with Gasteiger partial charge in [-0.2, -0.15) is 0 Å². The van der Waals surface area contributed by atoms with Crippen molar-refractivity contribution in [2.24, 2.45) is 5.41 Å². The Kier molecular flexibility index (Phi) is 5.36. The SMILES string of the molecule is O=C(Cc1cccc(F)c1)N1CCC(N2CC3(CCCC3)C2c2ccccc2)CC1. The van der Waals surface area contributed by atoms with Crippen LogP contribution < -0.4 is 0 Å². The smallest absolute Gasteiger partial charge is 0.226 e. The van der Waals surface area contributed by atoms with E-state index in [0.29, 0.717) is 23.9 Å². The number of rotatable bonds is 4. The van der Waals surface area contributed by atoms with Gasteiger partial charge in [0.15, 0.2) is 0 Å². The topological polar surface area (TPSA) is 23.6 Å². The fourth-order valence-corrected chi connectivity index (χ4v) is 6.19. The van der Waals surface area contributed by atoms with Crippen molar-refractivity contribution in [3.8, 4) is 0 Å². The van der Waals surface area contributed by atoms with Crippen LogP contribution in [0.25, 0.3) is 0 Å². The summed E-state index contributed by atoms with van der Waals surface area (Å²) in [5.41, 5.74) is 2.71. The molecule has 1 atom stereocenters. The third kappa shape index (κ3) is 3.66. The molecule has 3 aliphatic rings. The van der Waals surface area contributed by atoms with Gasteiger partial charge in [0.25, 0.3) is 0 Å². The molecule has 2 heterocycles. The molecule has 0 N–H and O–H groups in total. The zero-order chi connectivity index (χ0) is 20.6. The predicted octanol–water partition coefficient (Wildman–Crippen LogP) is 4.98. The average Bonchev–Trinajstić information content (AvgIpc) is 3.25. The molecule has 2 aliphatic heterocycles. The van der Waals surface area contributed by atoms with E-state index in [-0.39, 0.29) is 11.7 Å². The van der Waals surface area contributed by atoms with Crippen LogP contribution in [0.5, 0.6) is 0 Å². The summed E-state index contributed by atoms with van der Waals surface area (Å²) in [5, 5.41) is 0. The Morgan fingerprint density at radius 2 is 1.73 bits per heavy atom. The Morgan fingerprint density at radius 3 is 2.43 bits per heavy atom. The zero-order valence-electron chi connectivity index (χ0n) is 17.6. The van der Waals surface area contributed by atoms with E-state index in [1.54, 1.807) is 6.07 Å². The minimum Gasteiger partial charge on any atom is -0.342 e. The molecule has 1 amide bonds. The fraction of sp³-hybridized carbons (Fsp3) is 0.500. The molecule has 1 saturated carbocycles. The average molecular weight is 407 g/mol. The number of hydrogen-bond acceptors (Lipinski definition) is 2. The third-order valence-corrected chi connectivity index (χ3v) is 7.65. The number of likely N-dealkylation sites (tertiary alicyclic amines) is 2. The predicted molar refractivity (Wildman–Crippen MR) is 116 cm³/mol. The molecular formula is C26H31FN2O. The van der Waals surface area contributed by atoms with E-state index in [1.807, 2.05) is 11.0 Å². The quantitative estimate of drug-likeness (QED) is 0.715. The van der Waals surface area contributed by atoms with E-state index < -0.39 is 0 Å². The zero-order valence-corrected chi connectivity index (χ0v) is 17.6. The van der Waals surface area contributed by atoms with Gasteiger partial charge in [-0.05, 0) is 48.9 Å². The van der Waals surface area contributed by atoms with Crippen molar-refractivity contribution < 1.29 is 9.18 Å². The van der Waals surface area contributed by atoms with Gasteiger partial charge in [-0.1, -0.05) is 55.3 Å². The molecule has 158 valence electrons. The maximum absolute atomic E-state index is 13.4. The van der Waals surface area contributed by atoms with Crippen LogP contribution in [-0.2, 0) is 11.2 Å². The number of carbonyl (C=O) groups excluding carboxylic acids is 1. The van der Waals surface area contributed by atoms with Crippen molar-refractivity contribution in [3.05, 3.63) is 71.5 Å². The highest BCUT2D eigenvalue weighted by Crippen LogP contribution is 2.59. The Balaban J connectivity index is 1.22. The monoisotopic (exact) mass is 406 g/mol. The summed E-state index contributed by atoms with van der Waals surface area (Å²) in [6.07, 6.45) is 7.81. The molecule has 5 rings (SSSR count). The van der Waals surface area contributed by atoms with E-state index in [4.69, 9.17) is 0 Å². The van der Waals surface area contributed by atoms with E-state index in [2.05, 4.69) is 35.2 Å². The van der Waals surface area contributed by atoms with Crippen LogP contribution in [0.3, 0.4) is 0 Å². The lowest BCUT2D eigenvalue weighted by Gasteiger charge is -2.60. The second-order valence-corrected chi connectivity index (χ2v) is 9.47. The molecular weight excluding hydrogens is 375 g/mol. The number of benzene rings is 2. The lowest BCUT2D eigenvalue weighted by atomic mass is 9.66. The minimum absolute atomic E-state index is 0.120. The van der Waals surface area contributed by atoms with Gasteiger partial charge in [0.2, 0.25) is 5.91 Å².